The molecule has 0 saturated heterocycles. The molecular weight excluding hydrogens is 318 g/mol. The molecule has 0 aliphatic heterocycles. The van der Waals surface area contributed by atoms with Gasteiger partial charge in [0.1, 0.15) is 5.75 Å². The van der Waals surface area contributed by atoms with Crippen molar-refractivity contribution in [1.29, 1.82) is 0 Å². The quantitative estimate of drug-likeness (QED) is 0.347. The van der Waals surface area contributed by atoms with Crippen molar-refractivity contribution in [2.75, 3.05) is 21.3 Å². The summed E-state index contributed by atoms with van der Waals surface area (Å²) in [7, 11) is 4.29. The lowest BCUT2D eigenvalue weighted by atomic mass is 10.2. The van der Waals surface area contributed by atoms with Crippen LogP contribution in [0.5, 0.6) is 23.0 Å². The Balaban J connectivity index is 2.33. The Morgan fingerprint density at radius 1 is 1.00 bits per heavy atom. The molecule has 8 heteroatoms. The molecule has 0 unspecified atom stereocenters. The van der Waals surface area contributed by atoms with E-state index in [1.807, 2.05) is 0 Å². The number of methoxy groups -OCH3 is 3. The molecule has 8 nitrogen and oxygen atoms in total. The SMILES string of the molecule is COc1cc(C(=O)Oc2cccc([N+](=O)[O-])c2)cc(OC)c1OC. The highest BCUT2D eigenvalue weighted by Gasteiger charge is 2.19. The second-order valence-corrected chi connectivity index (χ2v) is 4.56. The molecule has 2 aromatic rings. The zero-order valence-corrected chi connectivity index (χ0v) is 13.3. The van der Waals surface area contributed by atoms with E-state index in [9.17, 15) is 14.9 Å². The van der Waals surface area contributed by atoms with Crippen molar-refractivity contribution in [3.63, 3.8) is 0 Å². The van der Waals surface area contributed by atoms with Gasteiger partial charge in [-0.1, -0.05) is 6.07 Å². The summed E-state index contributed by atoms with van der Waals surface area (Å²) in [4.78, 5) is 22.5. The normalized spacial score (nSPS) is 9.96. The molecule has 0 radical (unpaired) electrons. The Hall–Kier alpha value is -3.29. The van der Waals surface area contributed by atoms with Gasteiger partial charge < -0.3 is 18.9 Å². The van der Waals surface area contributed by atoms with Gasteiger partial charge in [0.2, 0.25) is 5.75 Å². The van der Waals surface area contributed by atoms with Crippen molar-refractivity contribution in [3.05, 3.63) is 52.1 Å². The molecule has 0 saturated carbocycles. The van der Waals surface area contributed by atoms with E-state index in [0.717, 1.165) is 6.07 Å². The van der Waals surface area contributed by atoms with Gasteiger partial charge in [-0.3, -0.25) is 10.1 Å². The molecule has 2 aromatic carbocycles. The molecule has 2 rings (SSSR count). The lowest BCUT2D eigenvalue weighted by Crippen LogP contribution is -2.09. The van der Waals surface area contributed by atoms with Crippen LogP contribution in [0.1, 0.15) is 10.4 Å². The third kappa shape index (κ3) is 3.54. The van der Waals surface area contributed by atoms with Crippen LogP contribution in [-0.4, -0.2) is 32.2 Å². The predicted octanol–water partition coefficient (Wildman–Crippen LogP) is 2.84. The first-order valence-electron chi connectivity index (χ1n) is 6.76. The Bertz CT molecular complexity index is 748. The van der Waals surface area contributed by atoms with Gasteiger partial charge in [-0.15, -0.1) is 0 Å². The molecule has 0 aromatic heterocycles. The predicted molar refractivity (Wildman–Crippen MR) is 84.2 cm³/mol. The maximum atomic E-state index is 12.3. The van der Waals surface area contributed by atoms with Crippen LogP contribution in [0.15, 0.2) is 36.4 Å². The van der Waals surface area contributed by atoms with Crippen LogP contribution >= 0.6 is 0 Å². The van der Waals surface area contributed by atoms with Crippen LogP contribution in [-0.2, 0) is 0 Å². The first-order chi connectivity index (χ1) is 11.5. The van der Waals surface area contributed by atoms with Gasteiger partial charge in [0.25, 0.3) is 5.69 Å². The van der Waals surface area contributed by atoms with Crippen LogP contribution in [0.3, 0.4) is 0 Å². The largest absolute Gasteiger partial charge is 0.493 e. The maximum absolute atomic E-state index is 12.3. The van der Waals surface area contributed by atoms with Gasteiger partial charge in [-0.2, -0.15) is 0 Å². The molecule has 126 valence electrons. The number of carbonyl (C=O) groups is 1. The number of nitro groups is 1. The van der Waals surface area contributed by atoms with Crippen molar-refractivity contribution >= 4 is 11.7 Å². The van der Waals surface area contributed by atoms with E-state index in [1.54, 1.807) is 0 Å². The summed E-state index contributed by atoms with van der Waals surface area (Å²) in [5.74, 6) is 0.273. The highest BCUT2D eigenvalue weighted by atomic mass is 16.6. The van der Waals surface area contributed by atoms with Crippen LogP contribution in [0, 0.1) is 10.1 Å². The van der Waals surface area contributed by atoms with Crippen LogP contribution in [0.4, 0.5) is 5.69 Å². The number of hydrogen-bond acceptors (Lipinski definition) is 7. The number of nitrogens with zero attached hydrogens (tertiary/aromatic N) is 1. The minimum atomic E-state index is -0.713. The second-order valence-electron chi connectivity index (χ2n) is 4.56. The zero-order valence-electron chi connectivity index (χ0n) is 13.3. The second kappa shape index (κ2) is 7.32. The highest BCUT2D eigenvalue weighted by Crippen LogP contribution is 2.38. The minimum Gasteiger partial charge on any atom is -0.493 e. The van der Waals surface area contributed by atoms with E-state index in [0.29, 0.717) is 17.2 Å². The molecule has 0 aliphatic rings. The van der Waals surface area contributed by atoms with Crippen molar-refractivity contribution in [3.8, 4) is 23.0 Å². The summed E-state index contributed by atoms with van der Waals surface area (Å²) in [6, 6.07) is 8.20. The third-order valence-corrected chi connectivity index (χ3v) is 3.14. The van der Waals surface area contributed by atoms with Gasteiger partial charge in [-0.05, 0) is 18.2 Å². The number of nitro benzene ring substituents is 1. The zero-order chi connectivity index (χ0) is 17.7. The molecule has 0 heterocycles. The number of ether oxygens (including phenoxy) is 4. The topological polar surface area (TPSA) is 97.1 Å². The summed E-state index contributed by atoms with van der Waals surface area (Å²) in [5.41, 5.74) is -0.0267. The van der Waals surface area contributed by atoms with Crippen molar-refractivity contribution in [2.24, 2.45) is 0 Å². The molecule has 0 N–H and O–H groups in total. The molecule has 24 heavy (non-hydrogen) atoms. The Morgan fingerprint density at radius 3 is 2.12 bits per heavy atom. The lowest BCUT2D eigenvalue weighted by Gasteiger charge is -2.13. The van der Waals surface area contributed by atoms with Gasteiger partial charge in [-0.25, -0.2) is 4.79 Å². The van der Waals surface area contributed by atoms with Gasteiger partial charge in [0.15, 0.2) is 11.5 Å². The number of rotatable bonds is 6. The lowest BCUT2D eigenvalue weighted by molar-refractivity contribution is -0.384. The Labute approximate surface area is 137 Å². The molecule has 0 fully saturated rings. The average Bonchev–Trinajstić information content (AvgIpc) is 2.60. The maximum Gasteiger partial charge on any atom is 0.343 e. The standard InChI is InChI=1S/C16H15NO7/c1-21-13-7-10(8-14(22-2)15(13)23-3)16(18)24-12-6-4-5-11(9-12)17(19)20/h4-9H,1-3H3. The van der Waals surface area contributed by atoms with Crippen LogP contribution in [0.2, 0.25) is 0 Å². The smallest absolute Gasteiger partial charge is 0.343 e. The number of hydrogen-bond donors (Lipinski definition) is 0. The van der Waals surface area contributed by atoms with Crippen molar-refractivity contribution in [2.45, 2.75) is 0 Å². The summed E-state index contributed by atoms with van der Waals surface area (Å²) in [6.07, 6.45) is 0. The molecule has 0 amide bonds. The minimum absolute atomic E-state index is 0.0583. The Kier molecular flexibility index (Phi) is 5.20. The fraction of sp³-hybridized carbons (Fsp3) is 0.188. The van der Waals surface area contributed by atoms with Crippen molar-refractivity contribution in [1.82, 2.24) is 0 Å². The van der Waals surface area contributed by atoms with Gasteiger partial charge in [0.05, 0.1) is 37.9 Å². The van der Waals surface area contributed by atoms with E-state index in [4.69, 9.17) is 18.9 Å². The summed E-state index contributed by atoms with van der Waals surface area (Å²) >= 11 is 0. The molecule has 0 aliphatic carbocycles. The molecule has 0 atom stereocenters. The van der Waals surface area contributed by atoms with E-state index in [1.165, 1.54) is 51.7 Å². The summed E-state index contributed by atoms with van der Waals surface area (Å²) in [6.45, 7) is 0. The van der Waals surface area contributed by atoms with Gasteiger partial charge >= 0.3 is 5.97 Å². The highest BCUT2D eigenvalue weighted by molar-refractivity contribution is 5.92. The van der Waals surface area contributed by atoms with E-state index in [2.05, 4.69) is 0 Å². The number of non-ortho nitro benzene ring substituents is 1. The van der Waals surface area contributed by atoms with Crippen LogP contribution in [0.25, 0.3) is 0 Å². The fourth-order valence-corrected chi connectivity index (χ4v) is 2.03. The van der Waals surface area contributed by atoms with Crippen molar-refractivity contribution < 1.29 is 28.7 Å². The van der Waals surface area contributed by atoms with Crippen LogP contribution < -0.4 is 18.9 Å². The molecular formula is C16H15NO7. The van der Waals surface area contributed by atoms with E-state index in [-0.39, 0.29) is 17.0 Å². The van der Waals surface area contributed by atoms with Gasteiger partial charge in [0, 0.05) is 6.07 Å². The third-order valence-electron chi connectivity index (χ3n) is 3.14. The molecule has 0 bridgehead atoms. The monoisotopic (exact) mass is 333 g/mol. The average molecular weight is 333 g/mol. The molecule has 0 spiro atoms. The number of carbonyl (C=O) groups excluding carboxylic acids is 1. The first-order valence-corrected chi connectivity index (χ1v) is 6.76. The summed E-state index contributed by atoms with van der Waals surface area (Å²) < 4.78 is 20.7. The summed E-state index contributed by atoms with van der Waals surface area (Å²) in [5, 5.41) is 10.8. The fourth-order valence-electron chi connectivity index (χ4n) is 2.03. The van der Waals surface area contributed by atoms with E-state index < -0.39 is 10.9 Å². The Morgan fingerprint density at radius 2 is 1.62 bits per heavy atom. The number of esters is 1. The number of benzene rings is 2. The first kappa shape index (κ1) is 17.1. The van der Waals surface area contributed by atoms with E-state index >= 15 is 0 Å².